The summed E-state index contributed by atoms with van der Waals surface area (Å²) in [6, 6.07) is 18.1. The lowest BCUT2D eigenvalue weighted by Crippen LogP contribution is -2.44. The summed E-state index contributed by atoms with van der Waals surface area (Å²) >= 11 is 0. The van der Waals surface area contributed by atoms with Crippen molar-refractivity contribution in [1.82, 2.24) is 10.2 Å². The number of hydrogen-bond donors (Lipinski definition) is 1. The quantitative estimate of drug-likeness (QED) is 0.909. The molecule has 2 aliphatic rings. The van der Waals surface area contributed by atoms with E-state index in [4.69, 9.17) is 0 Å². The normalized spacial score (nSPS) is 20.3. The lowest BCUT2D eigenvalue weighted by atomic mass is 9.73. The van der Waals surface area contributed by atoms with Gasteiger partial charge < -0.3 is 10.2 Å². The molecule has 2 aromatic carbocycles. The van der Waals surface area contributed by atoms with Crippen molar-refractivity contribution in [1.29, 1.82) is 0 Å². The molecule has 1 aliphatic carbocycles. The van der Waals surface area contributed by atoms with Crippen LogP contribution in [0, 0.1) is 0 Å². The van der Waals surface area contributed by atoms with Gasteiger partial charge in [0.25, 0.3) is 5.91 Å². The van der Waals surface area contributed by atoms with Crippen LogP contribution in [0.15, 0.2) is 54.6 Å². The topological polar surface area (TPSA) is 49.4 Å². The van der Waals surface area contributed by atoms with Gasteiger partial charge in [0.15, 0.2) is 0 Å². The van der Waals surface area contributed by atoms with Gasteiger partial charge in [0, 0.05) is 32.1 Å². The van der Waals surface area contributed by atoms with Gasteiger partial charge in [-0.25, -0.2) is 0 Å². The van der Waals surface area contributed by atoms with Crippen LogP contribution in [0.4, 0.5) is 0 Å². The number of piperidine rings is 1. The summed E-state index contributed by atoms with van der Waals surface area (Å²) in [5.41, 5.74) is 3.58. The first-order valence-corrected chi connectivity index (χ1v) is 9.77. The van der Waals surface area contributed by atoms with E-state index in [2.05, 4.69) is 29.6 Å². The summed E-state index contributed by atoms with van der Waals surface area (Å²) in [5.74, 6) is 0.500. The molecule has 27 heavy (non-hydrogen) atoms. The van der Waals surface area contributed by atoms with Crippen molar-refractivity contribution < 1.29 is 9.59 Å². The van der Waals surface area contributed by atoms with Gasteiger partial charge in [-0.05, 0) is 53.9 Å². The Bertz CT molecular complexity index is 838. The number of amides is 2. The molecule has 1 N–H and O–H groups in total. The van der Waals surface area contributed by atoms with Crippen LogP contribution in [0.25, 0.3) is 0 Å². The molecule has 0 radical (unpaired) electrons. The van der Waals surface area contributed by atoms with E-state index in [0.717, 1.165) is 37.9 Å². The Labute approximate surface area is 160 Å². The van der Waals surface area contributed by atoms with Crippen molar-refractivity contribution in [2.24, 2.45) is 0 Å². The minimum Gasteiger partial charge on any atom is -0.359 e. The van der Waals surface area contributed by atoms with Crippen molar-refractivity contribution in [3.8, 4) is 0 Å². The molecule has 0 unspecified atom stereocenters. The highest BCUT2D eigenvalue weighted by atomic mass is 16.2. The Hall–Kier alpha value is -2.62. The van der Waals surface area contributed by atoms with E-state index in [-0.39, 0.29) is 23.1 Å². The van der Waals surface area contributed by atoms with Gasteiger partial charge in [-0.3, -0.25) is 9.59 Å². The molecule has 2 aromatic rings. The maximum atomic E-state index is 12.8. The molecular weight excluding hydrogens is 336 g/mol. The fourth-order valence-electron chi connectivity index (χ4n) is 4.91. The van der Waals surface area contributed by atoms with Gasteiger partial charge in [0.1, 0.15) is 0 Å². The maximum Gasteiger partial charge on any atom is 0.253 e. The minimum absolute atomic E-state index is 0.0999. The fourth-order valence-corrected chi connectivity index (χ4v) is 4.91. The second-order valence-corrected chi connectivity index (χ2v) is 7.80. The second kappa shape index (κ2) is 7.18. The number of fused-ring (bicyclic) bond motifs is 2. The predicted molar refractivity (Wildman–Crippen MR) is 106 cm³/mol. The first kappa shape index (κ1) is 17.8. The smallest absolute Gasteiger partial charge is 0.253 e. The molecule has 0 saturated carbocycles. The standard InChI is InChI=1S/C23H26N2O2/c1-24-21(26)15-18-16-23(20-10-6-5-9-19(18)20)11-13-25(14-12-23)22(27)17-7-3-2-4-8-17/h2-10,18H,11-16H2,1H3,(H,24,26)/t18-/m0/s1. The zero-order chi connectivity index (χ0) is 18.9. The van der Waals surface area contributed by atoms with Crippen LogP contribution in [0.3, 0.4) is 0 Å². The Kier molecular flexibility index (Phi) is 4.73. The fraction of sp³-hybridized carbons (Fsp3) is 0.391. The number of nitrogens with one attached hydrogen (secondary N) is 1. The third-order valence-corrected chi connectivity index (χ3v) is 6.35. The van der Waals surface area contributed by atoms with Crippen LogP contribution in [-0.4, -0.2) is 36.9 Å². The summed E-state index contributed by atoms with van der Waals surface area (Å²) in [4.78, 5) is 26.7. The summed E-state index contributed by atoms with van der Waals surface area (Å²) in [5, 5.41) is 2.76. The number of benzene rings is 2. The van der Waals surface area contributed by atoms with Crippen molar-refractivity contribution in [2.45, 2.75) is 37.0 Å². The molecule has 1 atom stereocenters. The van der Waals surface area contributed by atoms with E-state index in [1.165, 1.54) is 11.1 Å². The largest absolute Gasteiger partial charge is 0.359 e. The van der Waals surface area contributed by atoms with Gasteiger partial charge >= 0.3 is 0 Å². The average Bonchev–Trinajstić information content (AvgIpc) is 3.02. The summed E-state index contributed by atoms with van der Waals surface area (Å²) in [7, 11) is 1.70. The van der Waals surface area contributed by atoms with Crippen molar-refractivity contribution in [2.75, 3.05) is 20.1 Å². The Morgan fingerprint density at radius 1 is 1.04 bits per heavy atom. The predicted octanol–water partition coefficient (Wildman–Crippen LogP) is 3.48. The molecule has 0 aromatic heterocycles. The number of carbonyl (C=O) groups excluding carboxylic acids is 2. The van der Waals surface area contributed by atoms with E-state index in [9.17, 15) is 9.59 Å². The van der Waals surface area contributed by atoms with E-state index in [1.54, 1.807) is 7.05 Å². The molecule has 4 nitrogen and oxygen atoms in total. The van der Waals surface area contributed by atoms with Crippen LogP contribution < -0.4 is 5.32 Å². The zero-order valence-electron chi connectivity index (χ0n) is 15.8. The molecule has 1 fully saturated rings. The SMILES string of the molecule is CNC(=O)C[C@H]1CC2(CCN(C(=O)c3ccccc3)CC2)c2ccccc21. The lowest BCUT2D eigenvalue weighted by molar-refractivity contribution is -0.121. The third kappa shape index (κ3) is 3.25. The monoisotopic (exact) mass is 362 g/mol. The molecule has 0 bridgehead atoms. The molecule has 1 saturated heterocycles. The van der Waals surface area contributed by atoms with Crippen LogP contribution in [0.1, 0.15) is 53.1 Å². The van der Waals surface area contributed by atoms with Crippen molar-refractivity contribution in [3.63, 3.8) is 0 Å². The highest BCUT2D eigenvalue weighted by Gasteiger charge is 2.46. The van der Waals surface area contributed by atoms with E-state index in [0.29, 0.717) is 6.42 Å². The van der Waals surface area contributed by atoms with Crippen molar-refractivity contribution >= 4 is 11.8 Å². The molecule has 1 spiro atoms. The highest BCUT2D eigenvalue weighted by Crippen LogP contribution is 2.52. The zero-order valence-corrected chi connectivity index (χ0v) is 15.8. The summed E-state index contributed by atoms with van der Waals surface area (Å²) < 4.78 is 0. The van der Waals surface area contributed by atoms with Gasteiger partial charge in [0.2, 0.25) is 5.91 Å². The Morgan fingerprint density at radius 3 is 2.41 bits per heavy atom. The summed E-state index contributed by atoms with van der Waals surface area (Å²) in [6.07, 6.45) is 3.48. The number of rotatable bonds is 3. The Morgan fingerprint density at radius 2 is 1.70 bits per heavy atom. The highest BCUT2D eigenvalue weighted by molar-refractivity contribution is 5.94. The van der Waals surface area contributed by atoms with Crippen LogP contribution in [0.2, 0.25) is 0 Å². The number of carbonyl (C=O) groups is 2. The molecular formula is C23H26N2O2. The van der Waals surface area contributed by atoms with E-state index < -0.39 is 0 Å². The molecule has 140 valence electrons. The maximum absolute atomic E-state index is 12.8. The van der Waals surface area contributed by atoms with E-state index in [1.807, 2.05) is 35.2 Å². The van der Waals surface area contributed by atoms with Crippen molar-refractivity contribution in [3.05, 3.63) is 71.3 Å². The number of nitrogens with zero attached hydrogens (tertiary/aromatic N) is 1. The van der Waals surface area contributed by atoms with Gasteiger partial charge in [-0.15, -0.1) is 0 Å². The Balaban J connectivity index is 1.52. The van der Waals surface area contributed by atoms with Gasteiger partial charge in [0.05, 0.1) is 0 Å². The first-order valence-electron chi connectivity index (χ1n) is 9.77. The first-order chi connectivity index (χ1) is 13.1. The van der Waals surface area contributed by atoms with E-state index >= 15 is 0 Å². The summed E-state index contributed by atoms with van der Waals surface area (Å²) in [6.45, 7) is 1.55. The van der Waals surface area contributed by atoms with Crippen LogP contribution >= 0.6 is 0 Å². The minimum atomic E-state index is 0.0999. The molecule has 2 amide bonds. The van der Waals surface area contributed by atoms with Crippen LogP contribution in [0.5, 0.6) is 0 Å². The molecule has 1 heterocycles. The molecule has 1 aliphatic heterocycles. The average molecular weight is 362 g/mol. The third-order valence-electron chi connectivity index (χ3n) is 6.35. The lowest BCUT2D eigenvalue weighted by Gasteiger charge is -2.40. The van der Waals surface area contributed by atoms with Gasteiger partial charge in [-0.2, -0.15) is 0 Å². The molecule has 4 rings (SSSR count). The molecule has 4 heteroatoms. The second-order valence-electron chi connectivity index (χ2n) is 7.80. The number of likely N-dealkylation sites (tertiary alicyclic amines) is 1. The number of hydrogen-bond acceptors (Lipinski definition) is 2. The van der Waals surface area contributed by atoms with Gasteiger partial charge in [-0.1, -0.05) is 42.5 Å². The van der Waals surface area contributed by atoms with Crippen LogP contribution in [-0.2, 0) is 10.2 Å².